The molecule has 0 unspecified atom stereocenters. The van der Waals surface area contributed by atoms with Crippen molar-refractivity contribution in [1.82, 2.24) is 0 Å². The van der Waals surface area contributed by atoms with Crippen LogP contribution in [0.5, 0.6) is 0 Å². The van der Waals surface area contributed by atoms with Crippen LogP contribution in [-0.4, -0.2) is 0 Å². The van der Waals surface area contributed by atoms with E-state index in [0.29, 0.717) is 5.92 Å². The molecule has 0 radical (unpaired) electrons. The molecule has 0 aliphatic carbocycles. The summed E-state index contributed by atoms with van der Waals surface area (Å²) >= 11 is 0. The summed E-state index contributed by atoms with van der Waals surface area (Å²) in [5, 5.41) is 5.36. The molecule has 4 aromatic rings. The first-order valence-electron chi connectivity index (χ1n) is 8.32. The van der Waals surface area contributed by atoms with Gasteiger partial charge in [0, 0.05) is 0 Å². The number of hydrogen-bond donors (Lipinski definition) is 0. The smallest absolute Gasteiger partial charge is 0.164 e. The van der Waals surface area contributed by atoms with Crippen LogP contribution in [0.4, 0.5) is 0 Å². The van der Waals surface area contributed by atoms with Crippen LogP contribution in [-0.2, 0) is 0 Å². The maximum atomic E-state index is 2.37. The molecular formula is C23H21Li. The summed E-state index contributed by atoms with van der Waals surface area (Å²) in [6.07, 6.45) is 0. The molecular weight excluding hydrogens is 283 g/mol. The Morgan fingerprint density at radius 1 is 0.792 bits per heavy atom. The molecule has 0 N–H and O–H groups in total. The molecule has 0 bridgehead atoms. The van der Waals surface area contributed by atoms with Gasteiger partial charge in [0.15, 0.2) is 0 Å². The Balaban J connectivity index is 0.00000169. The van der Waals surface area contributed by atoms with Crippen molar-refractivity contribution in [3.63, 3.8) is 0 Å². The van der Waals surface area contributed by atoms with Crippen molar-refractivity contribution in [3.05, 3.63) is 77.9 Å². The van der Waals surface area contributed by atoms with E-state index in [-0.39, 0.29) is 18.9 Å². The topological polar surface area (TPSA) is 0 Å². The molecule has 114 valence electrons. The van der Waals surface area contributed by atoms with Gasteiger partial charge in [-0.2, -0.15) is 6.07 Å². The zero-order valence-electron chi connectivity index (χ0n) is 14.9. The Morgan fingerprint density at radius 3 is 2.33 bits per heavy atom. The van der Waals surface area contributed by atoms with Crippen LogP contribution in [0.15, 0.2) is 66.7 Å². The van der Waals surface area contributed by atoms with Crippen molar-refractivity contribution >= 4 is 21.5 Å². The Morgan fingerprint density at radius 2 is 1.54 bits per heavy atom. The average Bonchev–Trinajstić information content (AvgIpc) is 2.97. The van der Waals surface area contributed by atoms with Gasteiger partial charge in [0.1, 0.15) is 0 Å². The van der Waals surface area contributed by atoms with Crippen LogP contribution >= 0.6 is 0 Å². The Hall–Kier alpha value is -1.87. The summed E-state index contributed by atoms with van der Waals surface area (Å²) < 4.78 is 0. The summed E-state index contributed by atoms with van der Waals surface area (Å²) in [6.45, 7) is 6.72. The first-order valence-corrected chi connectivity index (χ1v) is 8.32. The number of aryl methyl sites for hydroxylation is 1. The van der Waals surface area contributed by atoms with Gasteiger partial charge in [-0.1, -0.05) is 73.5 Å². The van der Waals surface area contributed by atoms with E-state index < -0.39 is 0 Å². The standard InChI is InChI=1S/C23H21.Li/c1-15(2)18-13-19-11-16(3)12-23(22(19)14-18)21-10-6-8-17-7-4-5-9-20(17)21;/h4-15H,1-3H3;/q-1;+1. The van der Waals surface area contributed by atoms with Crippen LogP contribution in [0.3, 0.4) is 0 Å². The minimum absolute atomic E-state index is 0. The molecule has 0 aliphatic rings. The van der Waals surface area contributed by atoms with Gasteiger partial charge in [0.25, 0.3) is 0 Å². The second-order valence-corrected chi connectivity index (χ2v) is 6.79. The molecule has 0 amide bonds. The third-order valence-electron chi connectivity index (χ3n) is 4.74. The minimum atomic E-state index is 0. The van der Waals surface area contributed by atoms with E-state index in [1.807, 2.05) is 0 Å². The van der Waals surface area contributed by atoms with E-state index in [1.165, 1.54) is 43.8 Å². The van der Waals surface area contributed by atoms with Crippen LogP contribution in [0.2, 0.25) is 0 Å². The van der Waals surface area contributed by atoms with Gasteiger partial charge in [0.2, 0.25) is 0 Å². The summed E-state index contributed by atoms with van der Waals surface area (Å²) in [4.78, 5) is 0. The molecule has 4 rings (SSSR count). The average molecular weight is 304 g/mol. The summed E-state index contributed by atoms with van der Waals surface area (Å²) in [7, 11) is 0. The minimum Gasteiger partial charge on any atom is -0.164 e. The van der Waals surface area contributed by atoms with Crippen molar-refractivity contribution in [2.24, 2.45) is 0 Å². The SMILES string of the molecule is Cc1cc(-c2cccc3ccccc23)c2cc(C(C)C)[cH-]c2c1.[Li+]. The number of fused-ring (bicyclic) bond motifs is 2. The van der Waals surface area contributed by atoms with Crippen LogP contribution in [0, 0.1) is 6.92 Å². The van der Waals surface area contributed by atoms with E-state index in [9.17, 15) is 0 Å². The predicted molar refractivity (Wildman–Crippen MR) is 101 cm³/mol. The van der Waals surface area contributed by atoms with Gasteiger partial charge >= 0.3 is 18.9 Å². The third-order valence-corrected chi connectivity index (χ3v) is 4.74. The van der Waals surface area contributed by atoms with E-state index in [1.54, 1.807) is 0 Å². The number of benzene rings is 3. The fourth-order valence-electron chi connectivity index (χ4n) is 3.51. The first-order chi connectivity index (χ1) is 11.1. The Kier molecular flexibility index (Phi) is 4.64. The molecule has 0 fully saturated rings. The van der Waals surface area contributed by atoms with Crippen LogP contribution in [0.25, 0.3) is 32.7 Å². The number of hydrogen-bond acceptors (Lipinski definition) is 0. The van der Waals surface area contributed by atoms with E-state index in [0.717, 1.165) is 0 Å². The largest absolute Gasteiger partial charge is 1.00 e. The monoisotopic (exact) mass is 304 g/mol. The molecule has 0 aromatic heterocycles. The normalized spacial score (nSPS) is 11.2. The molecule has 0 saturated carbocycles. The molecule has 0 aliphatic heterocycles. The number of rotatable bonds is 2. The maximum Gasteiger partial charge on any atom is 1.00 e. The second kappa shape index (κ2) is 6.56. The summed E-state index contributed by atoms with van der Waals surface area (Å²) in [6, 6.07) is 24.6. The maximum absolute atomic E-state index is 2.37. The van der Waals surface area contributed by atoms with Crippen molar-refractivity contribution in [2.45, 2.75) is 26.7 Å². The second-order valence-electron chi connectivity index (χ2n) is 6.79. The van der Waals surface area contributed by atoms with Crippen molar-refractivity contribution in [3.8, 4) is 11.1 Å². The quantitative estimate of drug-likeness (QED) is 0.390. The zero-order valence-corrected chi connectivity index (χ0v) is 14.9. The van der Waals surface area contributed by atoms with Gasteiger partial charge in [-0.3, -0.25) is 0 Å². The molecule has 0 heterocycles. The molecule has 24 heavy (non-hydrogen) atoms. The van der Waals surface area contributed by atoms with Gasteiger partial charge < -0.3 is 0 Å². The van der Waals surface area contributed by atoms with E-state index in [4.69, 9.17) is 0 Å². The first kappa shape index (κ1) is 17.0. The van der Waals surface area contributed by atoms with Crippen LogP contribution < -0.4 is 18.9 Å². The molecule has 1 heteroatoms. The van der Waals surface area contributed by atoms with Gasteiger partial charge in [-0.15, -0.1) is 28.5 Å². The van der Waals surface area contributed by atoms with Crippen LogP contribution in [0.1, 0.15) is 30.9 Å². The Labute approximate surface area is 156 Å². The molecule has 0 nitrogen and oxygen atoms in total. The van der Waals surface area contributed by atoms with Crippen molar-refractivity contribution < 1.29 is 18.9 Å². The fraction of sp³-hybridized carbons (Fsp3) is 0.174. The molecule has 4 aromatic carbocycles. The Bertz CT molecular complexity index is 1000. The molecule has 0 saturated heterocycles. The molecule has 0 atom stereocenters. The third kappa shape index (κ3) is 2.82. The fourth-order valence-corrected chi connectivity index (χ4v) is 3.51. The van der Waals surface area contributed by atoms with E-state index >= 15 is 0 Å². The zero-order chi connectivity index (χ0) is 16.0. The van der Waals surface area contributed by atoms with Gasteiger partial charge in [-0.05, 0) is 29.2 Å². The van der Waals surface area contributed by atoms with Crippen molar-refractivity contribution in [2.75, 3.05) is 0 Å². The van der Waals surface area contributed by atoms with Crippen molar-refractivity contribution in [1.29, 1.82) is 0 Å². The summed E-state index contributed by atoms with van der Waals surface area (Å²) in [5.74, 6) is 0.558. The van der Waals surface area contributed by atoms with E-state index in [2.05, 4.69) is 87.5 Å². The van der Waals surface area contributed by atoms with Gasteiger partial charge in [0.05, 0.1) is 0 Å². The summed E-state index contributed by atoms with van der Waals surface area (Å²) in [5.41, 5.74) is 5.43. The van der Waals surface area contributed by atoms with Gasteiger partial charge in [-0.25, -0.2) is 0 Å². The molecule has 0 spiro atoms. The predicted octanol–water partition coefficient (Wildman–Crippen LogP) is 3.81.